The van der Waals surface area contributed by atoms with E-state index in [-0.39, 0.29) is 18.9 Å². The monoisotopic (exact) mass is 663 g/mol. The molecule has 0 saturated heterocycles. The fourth-order valence-electron chi connectivity index (χ4n) is 5.41. The molecule has 10 nitrogen and oxygen atoms in total. The minimum atomic E-state index is -0.938. The van der Waals surface area contributed by atoms with E-state index in [4.69, 9.17) is 10.5 Å². The third kappa shape index (κ3) is 7.76. The number of amides is 5. The highest BCUT2D eigenvalue weighted by molar-refractivity contribution is 9.08. The van der Waals surface area contributed by atoms with Gasteiger partial charge in [-0.3, -0.25) is 14.5 Å². The normalized spacial score (nSPS) is 13.3. The number of alkyl halides is 1. The summed E-state index contributed by atoms with van der Waals surface area (Å²) in [5.41, 5.74) is 10.6. The van der Waals surface area contributed by atoms with Gasteiger partial charge in [0.15, 0.2) is 6.10 Å². The first-order valence-corrected chi connectivity index (χ1v) is 15.6. The largest absolute Gasteiger partial charge is 0.436 e. The quantitative estimate of drug-likeness (QED) is 0.153. The number of urea groups is 1. The Morgan fingerprint density at radius 3 is 2.05 bits per heavy atom. The number of anilines is 1. The van der Waals surface area contributed by atoms with Crippen LogP contribution in [0.4, 0.5) is 15.3 Å². The first kappa shape index (κ1) is 32.5. The molecule has 2 atom stereocenters. The molecule has 0 spiro atoms. The Kier molecular flexibility index (Phi) is 11.0. The summed E-state index contributed by atoms with van der Waals surface area (Å²) < 4.78 is 6.03. The van der Waals surface area contributed by atoms with Gasteiger partial charge in [-0.2, -0.15) is 0 Å². The van der Waals surface area contributed by atoms with E-state index >= 15 is 0 Å². The zero-order valence-corrected chi connectivity index (χ0v) is 26.6. The maximum atomic E-state index is 13.7. The number of halogens is 1. The van der Waals surface area contributed by atoms with E-state index in [9.17, 15) is 19.2 Å². The van der Waals surface area contributed by atoms with Crippen LogP contribution in [0.5, 0.6) is 0 Å². The molecule has 3 aromatic rings. The third-order valence-corrected chi connectivity index (χ3v) is 8.23. The van der Waals surface area contributed by atoms with Crippen LogP contribution in [0.15, 0.2) is 72.8 Å². The standard InChI is InChI=1S/C33H38BrN5O5/c1-20(2)28(39(3)33(43)44-29-25-11-6-4-9-23(25)24-10-5-7-12-26(24)29)31(41)38-27(13-8-18-36-32(35)42)30(40)37-22-16-14-21(19-34)15-17-22/h4-7,9-12,14-17,20,27-29H,8,13,18-19H2,1-3H3,(H,37,40)(H,38,41)(H3,35,36,42)/t27-,28-/m0/s1. The molecule has 232 valence electrons. The molecule has 1 aliphatic carbocycles. The Labute approximate surface area is 265 Å². The van der Waals surface area contributed by atoms with E-state index in [2.05, 4.69) is 31.9 Å². The van der Waals surface area contributed by atoms with E-state index < -0.39 is 42.1 Å². The number of nitrogens with two attached hydrogens (primary N) is 1. The number of hydrogen-bond donors (Lipinski definition) is 4. The van der Waals surface area contributed by atoms with Gasteiger partial charge < -0.3 is 26.4 Å². The van der Waals surface area contributed by atoms with Gasteiger partial charge in [0.05, 0.1) is 0 Å². The molecule has 5 amide bonds. The zero-order chi connectivity index (χ0) is 31.8. The SMILES string of the molecule is CC(C)[C@@H](C(=O)N[C@@H](CCCNC(N)=O)C(=O)Nc1ccc(CBr)cc1)N(C)C(=O)OC1c2ccccc2-c2ccccc21. The molecule has 0 heterocycles. The highest BCUT2D eigenvalue weighted by Crippen LogP contribution is 2.45. The molecule has 1 aliphatic rings. The van der Waals surface area contributed by atoms with Gasteiger partial charge in [0.25, 0.3) is 0 Å². The molecule has 0 fully saturated rings. The maximum Gasteiger partial charge on any atom is 0.411 e. The van der Waals surface area contributed by atoms with Crippen LogP contribution in [-0.4, -0.2) is 54.5 Å². The summed E-state index contributed by atoms with van der Waals surface area (Å²) in [4.78, 5) is 53.0. The van der Waals surface area contributed by atoms with Crippen molar-refractivity contribution < 1.29 is 23.9 Å². The number of fused-ring (bicyclic) bond motifs is 3. The van der Waals surface area contributed by atoms with Crippen molar-refractivity contribution in [1.82, 2.24) is 15.5 Å². The molecule has 0 saturated carbocycles. The molecule has 0 bridgehead atoms. The highest BCUT2D eigenvalue weighted by atomic mass is 79.9. The number of carbonyl (C=O) groups excluding carboxylic acids is 4. The van der Waals surface area contributed by atoms with E-state index in [1.54, 1.807) is 12.1 Å². The first-order valence-electron chi connectivity index (χ1n) is 14.5. The molecular formula is C33H38BrN5O5. The predicted octanol–water partition coefficient (Wildman–Crippen LogP) is 5.32. The third-order valence-electron chi connectivity index (χ3n) is 7.58. The number of ether oxygens (including phenoxy) is 1. The van der Waals surface area contributed by atoms with E-state index in [0.29, 0.717) is 17.4 Å². The Morgan fingerprint density at radius 2 is 1.50 bits per heavy atom. The van der Waals surface area contributed by atoms with Crippen LogP contribution in [0.25, 0.3) is 11.1 Å². The number of primary amides is 1. The van der Waals surface area contributed by atoms with Crippen LogP contribution in [0.2, 0.25) is 0 Å². The molecule has 0 radical (unpaired) electrons. The lowest BCUT2D eigenvalue weighted by Gasteiger charge is -2.32. The highest BCUT2D eigenvalue weighted by Gasteiger charge is 2.37. The molecule has 4 rings (SSSR count). The van der Waals surface area contributed by atoms with Crippen molar-refractivity contribution in [3.8, 4) is 11.1 Å². The number of rotatable bonds is 12. The summed E-state index contributed by atoms with van der Waals surface area (Å²) >= 11 is 3.40. The molecule has 0 unspecified atom stereocenters. The van der Waals surface area contributed by atoms with Crippen LogP contribution in [0.3, 0.4) is 0 Å². The molecule has 0 aromatic heterocycles. The summed E-state index contributed by atoms with van der Waals surface area (Å²) in [5.74, 6) is -1.21. The number of nitrogens with one attached hydrogen (secondary N) is 3. The Hall–Kier alpha value is -4.38. The molecular weight excluding hydrogens is 626 g/mol. The van der Waals surface area contributed by atoms with Gasteiger partial charge in [0, 0.05) is 35.7 Å². The smallest absolute Gasteiger partial charge is 0.411 e. The number of carbonyl (C=O) groups is 4. The van der Waals surface area contributed by atoms with Gasteiger partial charge in [-0.15, -0.1) is 0 Å². The molecule has 0 aliphatic heterocycles. The molecule has 44 heavy (non-hydrogen) atoms. The average molecular weight is 665 g/mol. The van der Waals surface area contributed by atoms with Crippen LogP contribution >= 0.6 is 15.9 Å². The summed E-state index contributed by atoms with van der Waals surface area (Å²) in [6, 6.07) is 20.3. The number of benzene rings is 3. The molecule has 11 heteroatoms. The first-order chi connectivity index (χ1) is 21.1. The van der Waals surface area contributed by atoms with Crippen molar-refractivity contribution in [3.05, 3.63) is 89.5 Å². The predicted molar refractivity (Wildman–Crippen MR) is 173 cm³/mol. The second-order valence-electron chi connectivity index (χ2n) is 11.1. The van der Waals surface area contributed by atoms with Gasteiger partial charge in [-0.1, -0.05) is 90.4 Å². The summed E-state index contributed by atoms with van der Waals surface area (Å²) in [6.07, 6.45) is -0.658. The lowest BCUT2D eigenvalue weighted by Crippen LogP contribution is -2.55. The Morgan fingerprint density at radius 1 is 0.909 bits per heavy atom. The fraction of sp³-hybridized carbons (Fsp3) is 0.333. The lowest BCUT2D eigenvalue weighted by molar-refractivity contribution is -0.131. The van der Waals surface area contributed by atoms with E-state index in [1.807, 2.05) is 74.5 Å². The van der Waals surface area contributed by atoms with E-state index in [0.717, 1.165) is 27.8 Å². The second-order valence-corrected chi connectivity index (χ2v) is 11.6. The Bertz CT molecular complexity index is 1450. The van der Waals surface area contributed by atoms with Crippen molar-refractivity contribution >= 4 is 45.6 Å². The van der Waals surface area contributed by atoms with E-state index in [1.165, 1.54) is 11.9 Å². The van der Waals surface area contributed by atoms with Gasteiger partial charge in [0.1, 0.15) is 12.1 Å². The van der Waals surface area contributed by atoms with Crippen LogP contribution in [0.1, 0.15) is 49.5 Å². The minimum Gasteiger partial charge on any atom is -0.436 e. The number of likely N-dealkylation sites (N-methyl/N-ethyl adjacent to an activating group) is 1. The topological polar surface area (TPSA) is 143 Å². The number of hydrogen-bond acceptors (Lipinski definition) is 5. The van der Waals surface area contributed by atoms with Gasteiger partial charge in [0.2, 0.25) is 11.8 Å². The van der Waals surface area contributed by atoms with Crippen LogP contribution in [0, 0.1) is 5.92 Å². The van der Waals surface area contributed by atoms with Crippen LogP contribution in [-0.2, 0) is 19.7 Å². The van der Waals surface area contributed by atoms with Gasteiger partial charge in [-0.05, 0) is 47.6 Å². The summed E-state index contributed by atoms with van der Waals surface area (Å²) in [7, 11) is 1.52. The van der Waals surface area contributed by atoms with Crippen molar-refractivity contribution in [2.45, 2.75) is 50.2 Å². The van der Waals surface area contributed by atoms with Gasteiger partial charge >= 0.3 is 12.1 Å². The van der Waals surface area contributed by atoms with Crippen molar-refractivity contribution in [2.24, 2.45) is 11.7 Å². The second kappa shape index (κ2) is 14.9. The molecule has 3 aromatic carbocycles. The fourth-order valence-corrected chi connectivity index (χ4v) is 5.78. The summed E-state index contributed by atoms with van der Waals surface area (Å²) in [6.45, 7) is 3.88. The minimum absolute atomic E-state index is 0.228. The number of nitrogens with zero attached hydrogens (tertiary/aromatic N) is 1. The van der Waals surface area contributed by atoms with Crippen molar-refractivity contribution in [2.75, 3.05) is 18.9 Å². The zero-order valence-electron chi connectivity index (χ0n) is 25.0. The van der Waals surface area contributed by atoms with Crippen molar-refractivity contribution in [1.29, 1.82) is 0 Å². The van der Waals surface area contributed by atoms with Gasteiger partial charge in [-0.25, -0.2) is 9.59 Å². The summed E-state index contributed by atoms with van der Waals surface area (Å²) in [5, 5.41) is 8.87. The van der Waals surface area contributed by atoms with Crippen molar-refractivity contribution in [3.63, 3.8) is 0 Å². The van der Waals surface area contributed by atoms with Crippen LogP contribution < -0.4 is 21.7 Å². The maximum absolute atomic E-state index is 13.7. The molecule has 5 N–H and O–H groups in total. The lowest BCUT2D eigenvalue weighted by atomic mass is 10.0. The Balaban J connectivity index is 1.49. The average Bonchev–Trinajstić information content (AvgIpc) is 3.32.